The van der Waals surface area contributed by atoms with Gasteiger partial charge in [0.15, 0.2) is 0 Å². The fourth-order valence-electron chi connectivity index (χ4n) is 3.19. The number of hydrogen-bond acceptors (Lipinski definition) is 3. The zero-order chi connectivity index (χ0) is 18.8. The number of nitrogens with one attached hydrogen (secondary N) is 2. The van der Waals surface area contributed by atoms with E-state index in [0.29, 0.717) is 0 Å². The van der Waals surface area contributed by atoms with Crippen molar-refractivity contribution in [1.82, 2.24) is 25.4 Å². The molecule has 0 saturated heterocycles. The molecule has 5 nitrogen and oxygen atoms in total. The highest BCUT2D eigenvalue weighted by atomic mass is 15.1. The van der Waals surface area contributed by atoms with Gasteiger partial charge in [0.25, 0.3) is 0 Å². The summed E-state index contributed by atoms with van der Waals surface area (Å²) in [5, 5.41) is 15.1. The Morgan fingerprint density at radius 3 is 1.43 bits per heavy atom. The van der Waals surface area contributed by atoms with E-state index in [9.17, 15) is 0 Å². The number of benzene rings is 2. The fourth-order valence-corrected chi connectivity index (χ4v) is 3.19. The lowest BCUT2D eigenvalue weighted by Crippen LogP contribution is -1.84. The summed E-state index contributed by atoms with van der Waals surface area (Å²) >= 11 is 0. The first-order valence-corrected chi connectivity index (χ1v) is 9.04. The molecular formula is C23H17N5. The number of pyridine rings is 1. The molecule has 28 heavy (non-hydrogen) atoms. The maximum Gasteiger partial charge on any atom is 0.0942 e. The molecule has 3 heterocycles. The summed E-state index contributed by atoms with van der Waals surface area (Å²) in [7, 11) is 0. The first kappa shape index (κ1) is 16.2. The average Bonchev–Trinajstić information content (AvgIpc) is 3.46. The highest BCUT2D eigenvalue weighted by Crippen LogP contribution is 2.28. The minimum Gasteiger partial charge on any atom is -0.277 e. The van der Waals surface area contributed by atoms with Gasteiger partial charge in [-0.3, -0.25) is 15.2 Å². The number of nitrogens with zero attached hydrogens (tertiary/aromatic N) is 3. The lowest BCUT2D eigenvalue weighted by atomic mass is 10.1. The molecule has 0 amide bonds. The Kier molecular flexibility index (Phi) is 4.03. The van der Waals surface area contributed by atoms with Crippen LogP contribution in [0.3, 0.4) is 0 Å². The number of hydrogen-bond donors (Lipinski definition) is 2. The third-order valence-corrected chi connectivity index (χ3v) is 4.66. The Hall–Kier alpha value is -3.99. The zero-order valence-electron chi connectivity index (χ0n) is 15.0. The van der Waals surface area contributed by atoms with Crippen LogP contribution in [0.2, 0.25) is 0 Å². The molecular weight excluding hydrogens is 346 g/mol. The number of aromatic nitrogens is 5. The molecule has 0 saturated carbocycles. The molecule has 2 aromatic carbocycles. The molecule has 0 fully saturated rings. The summed E-state index contributed by atoms with van der Waals surface area (Å²) in [4.78, 5) is 4.39. The van der Waals surface area contributed by atoms with Gasteiger partial charge in [0.2, 0.25) is 0 Å². The first-order chi connectivity index (χ1) is 13.9. The smallest absolute Gasteiger partial charge is 0.0942 e. The van der Waals surface area contributed by atoms with Crippen molar-refractivity contribution in [2.45, 2.75) is 0 Å². The van der Waals surface area contributed by atoms with Gasteiger partial charge in [-0.2, -0.15) is 10.2 Å². The quantitative estimate of drug-likeness (QED) is 0.461. The third kappa shape index (κ3) is 3.10. The molecule has 3 aromatic heterocycles. The van der Waals surface area contributed by atoms with Crippen LogP contribution in [0.5, 0.6) is 0 Å². The van der Waals surface area contributed by atoms with Crippen LogP contribution in [0.1, 0.15) is 0 Å². The van der Waals surface area contributed by atoms with Crippen molar-refractivity contribution in [2.75, 3.05) is 0 Å². The van der Waals surface area contributed by atoms with Crippen LogP contribution in [0.15, 0.2) is 91.3 Å². The highest BCUT2D eigenvalue weighted by molar-refractivity contribution is 5.73. The summed E-state index contributed by atoms with van der Waals surface area (Å²) in [6.45, 7) is 0. The molecule has 5 rings (SSSR count). The van der Waals surface area contributed by atoms with Crippen molar-refractivity contribution in [3.63, 3.8) is 0 Å². The standard InChI is InChI=1S/C23H17N5/c1-3-7-16(8-4-1)20-12-22(27-25-20)18-11-19(15-24-14-18)23-13-21(26-28-23)17-9-5-2-6-10-17/h1-15H,(H,25,27)(H,26,28). The van der Waals surface area contributed by atoms with Gasteiger partial charge in [-0.25, -0.2) is 0 Å². The second-order valence-electron chi connectivity index (χ2n) is 6.53. The van der Waals surface area contributed by atoms with E-state index in [1.54, 1.807) is 0 Å². The topological polar surface area (TPSA) is 70.2 Å². The Balaban J connectivity index is 1.46. The first-order valence-electron chi connectivity index (χ1n) is 9.04. The van der Waals surface area contributed by atoms with Crippen LogP contribution in [-0.4, -0.2) is 25.4 Å². The minimum atomic E-state index is 0.854. The van der Waals surface area contributed by atoms with Gasteiger partial charge in [-0.15, -0.1) is 0 Å². The van der Waals surface area contributed by atoms with E-state index in [4.69, 9.17) is 0 Å². The van der Waals surface area contributed by atoms with E-state index in [2.05, 4.69) is 55.7 Å². The van der Waals surface area contributed by atoms with E-state index in [-0.39, 0.29) is 0 Å². The fraction of sp³-hybridized carbons (Fsp3) is 0. The Labute approximate surface area is 162 Å². The van der Waals surface area contributed by atoms with E-state index in [0.717, 1.165) is 45.0 Å². The van der Waals surface area contributed by atoms with Crippen molar-refractivity contribution in [2.24, 2.45) is 0 Å². The zero-order valence-corrected chi connectivity index (χ0v) is 15.0. The van der Waals surface area contributed by atoms with Gasteiger partial charge in [0, 0.05) is 23.5 Å². The molecule has 2 N–H and O–H groups in total. The van der Waals surface area contributed by atoms with Crippen LogP contribution in [0.25, 0.3) is 45.0 Å². The van der Waals surface area contributed by atoms with E-state index < -0.39 is 0 Å². The van der Waals surface area contributed by atoms with Gasteiger partial charge >= 0.3 is 0 Å². The van der Waals surface area contributed by atoms with Crippen LogP contribution >= 0.6 is 0 Å². The molecule has 0 aliphatic carbocycles. The molecule has 0 radical (unpaired) electrons. The van der Waals surface area contributed by atoms with Crippen molar-refractivity contribution >= 4 is 0 Å². The summed E-state index contributed by atoms with van der Waals surface area (Å²) in [5.41, 5.74) is 7.76. The maximum absolute atomic E-state index is 4.46. The van der Waals surface area contributed by atoms with Gasteiger partial charge in [0.05, 0.1) is 22.8 Å². The van der Waals surface area contributed by atoms with Crippen molar-refractivity contribution < 1.29 is 0 Å². The summed E-state index contributed by atoms with van der Waals surface area (Å²) in [6, 6.07) is 26.4. The SMILES string of the molecule is c1ccc(-c2cc(-c3cncc(-c4cc(-c5ccccc5)[nH]n4)c3)n[nH]2)cc1. The lowest BCUT2D eigenvalue weighted by molar-refractivity contribution is 1.09. The molecule has 0 unspecified atom stereocenters. The average molecular weight is 363 g/mol. The minimum absolute atomic E-state index is 0.854. The molecule has 0 atom stereocenters. The summed E-state index contributed by atoms with van der Waals surface area (Å²) in [5.74, 6) is 0. The van der Waals surface area contributed by atoms with Gasteiger partial charge < -0.3 is 0 Å². The highest BCUT2D eigenvalue weighted by Gasteiger charge is 2.10. The lowest BCUT2D eigenvalue weighted by Gasteiger charge is -1.99. The monoisotopic (exact) mass is 363 g/mol. The van der Waals surface area contributed by atoms with Crippen LogP contribution < -0.4 is 0 Å². The maximum atomic E-state index is 4.46. The summed E-state index contributed by atoms with van der Waals surface area (Å²) < 4.78 is 0. The largest absolute Gasteiger partial charge is 0.277 e. The third-order valence-electron chi connectivity index (χ3n) is 4.66. The normalized spacial score (nSPS) is 10.9. The van der Waals surface area contributed by atoms with Crippen molar-refractivity contribution in [3.05, 3.63) is 91.3 Å². The van der Waals surface area contributed by atoms with Gasteiger partial charge in [0.1, 0.15) is 0 Å². The van der Waals surface area contributed by atoms with E-state index in [1.165, 1.54) is 0 Å². The van der Waals surface area contributed by atoms with Crippen molar-refractivity contribution in [3.8, 4) is 45.0 Å². The van der Waals surface area contributed by atoms with Crippen molar-refractivity contribution in [1.29, 1.82) is 0 Å². The number of rotatable bonds is 4. The van der Waals surface area contributed by atoms with E-state index in [1.807, 2.05) is 60.9 Å². The predicted octanol–water partition coefficient (Wildman–Crippen LogP) is 5.20. The van der Waals surface area contributed by atoms with Gasteiger partial charge in [-0.1, -0.05) is 60.7 Å². The number of aromatic amines is 2. The number of H-pyrrole nitrogens is 2. The second-order valence-corrected chi connectivity index (χ2v) is 6.53. The molecule has 0 bridgehead atoms. The molecule has 0 spiro atoms. The van der Waals surface area contributed by atoms with E-state index >= 15 is 0 Å². The Bertz CT molecular complexity index is 1110. The second kappa shape index (κ2) is 6.96. The molecule has 0 aliphatic heterocycles. The van der Waals surface area contributed by atoms with Crippen LogP contribution in [0.4, 0.5) is 0 Å². The molecule has 0 aliphatic rings. The van der Waals surface area contributed by atoms with Crippen LogP contribution in [-0.2, 0) is 0 Å². The van der Waals surface area contributed by atoms with Gasteiger partial charge in [-0.05, 0) is 29.3 Å². The Morgan fingerprint density at radius 1 is 0.500 bits per heavy atom. The molecule has 5 aromatic rings. The molecule has 134 valence electrons. The summed E-state index contributed by atoms with van der Waals surface area (Å²) in [6.07, 6.45) is 3.64. The van der Waals surface area contributed by atoms with Crippen LogP contribution in [0, 0.1) is 0 Å². The molecule has 5 heteroatoms. The Morgan fingerprint density at radius 2 is 0.964 bits per heavy atom. The predicted molar refractivity (Wildman–Crippen MR) is 110 cm³/mol.